The molecule has 21 nitrogen and oxygen atoms in total. The van der Waals surface area contributed by atoms with Crippen molar-refractivity contribution in [1.82, 2.24) is 24.6 Å². The lowest BCUT2D eigenvalue weighted by Crippen LogP contribution is -2.33. The molecular formula is C44H54N6O15. The predicted molar refractivity (Wildman–Crippen MR) is 241 cm³/mol. The summed E-state index contributed by atoms with van der Waals surface area (Å²) >= 11 is 0. The van der Waals surface area contributed by atoms with Gasteiger partial charge in [-0.3, -0.25) is 0 Å². The molecule has 4 aromatic carbocycles. The molecule has 0 saturated carbocycles. The maximum absolute atomic E-state index is 12.1. The highest BCUT2D eigenvalue weighted by molar-refractivity contribution is 6.01. The average Bonchev–Trinajstić information content (AvgIpc) is 3.87. The van der Waals surface area contributed by atoms with Crippen molar-refractivity contribution >= 4 is 57.2 Å². The van der Waals surface area contributed by atoms with Gasteiger partial charge in [-0.2, -0.15) is 0 Å². The summed E-state index contributed by atoms with van der Waals surface area (Å²) in [5.74, 6) is -3.50. The number of hydrogen-bond donors (Lipinski definition) is 8. The SMILES string of the molecule is COc1cc2cc(-c3ccc(C(=O)O)cc3C(=O)O)oc2cc1N1CCOCCOCCN(c2cc3oc(-c4ccc(C(=O)O)cc4C(=O)O)cc3cc2OC)CCOCC1.N.N.N.N. The molecule has 2 aromatic heterocycles. The van der Waals surface area contributed by atoms with Gasteiger partial charge >= 0.3 is 23.9 Å². The smallest absolute Gasteiger partial charge is 0.336 e. The Bertz CT molecular complexity index is 2450. The van der Waals surface area contributed by atoms with Crippen LogP contribution in [0, 0.1) is 0 Å². The van der Waals surface area contributed by atoms with Gasteiger partial charge in [0.2, 0.25) is 0 Å². The highest BCUT2D eigenvalue weighted by atomic mass is 16.5. The van der Waals surface area contributed by atoms with Crippen molar-refractivity contribution in [3.05, 3.63) is 95.1 Å². The first-order valence-electron chi connectivity index (χ1n) is 19.1. The van der Waals surface area contributed by atoms with Crippen molar-refractivity contribution in [2.45, 2.75) is 0 Å². The standard InChI is InChI=1S/C44H42N2O15.4H3N/c1-55-39-21-27-19-37(29-5-3-25(41(47)48)17-31(29)43(51)52)60-35(27)23-33(39)45-7-11-57-12-8-46(10-14-59-16-15-58-13-9-45)34-24-36-28(22-40(34)56-2)20-38(61-36)30-6-4-26(42(49)50)18-32(30)44(53)54;;;;/h3-6,17-24H,7-16H2,1-2H3,(H,47,48)(H,49,50)(H,51,52)(H,53,54);4*1H3. The Morgan fingerprint density at radius 3 is 1.15 bits per heavy atom. The summed E-state index contributed by atoms with van der Waals surface area (Å²) in [5, 5.41) is 39.8. The maximum Gasteiger partial charge on any atom is 0.336 e. The number of benzene rings is 4. The van der Waals surface area contributed by atoms with Crippen LogP contribution < -0.4 is 43.9 Å². The quantitative estimate of drug-likeness (QED) is 0.0665. The minimum absolute atomic E-state index is 0. The molecule has 16 N–H and O–H groups in total. The molecule has 1 aliphatic heterocycles. The van der Waals surface area contributed by atoms with Gasteiger partial charge in [0.1, 0.15) is 34.2 Å². The van der Waals surface area contributed by atoms with Gasteiger partial charge in [0.15, 0.2) is 0 Å². The molecule has 0 spiro atoms. The maximum atomic E-state index is 12.1. The lowest BCUT2D eigenvalue weighted by atomic mass is 10.0. The van der Waals surface area contributed by atoms with Gasteiger partial charge in [-0.05, 0) is 60.7 Å². The molecule has 0 radical (unpaired) electrons. The summed E-state index contributed by atoms with van der Waals surface area (Å²) in [6.45, 7) is 3.83. The molecule has 0 amide bonds. The van der Waals surface area contributed by atoms with E-state index in [0.29, 0.717) is 111 Å². The Morgan fingerprint density at radius 2 is 0.831 bits per heavy atom. The fourth-order valence-corrected chi connectivity index (χ4v) is 7.16. The zero-order valence-corrected chi connectivity index (χ0v) is 36.0. The fourth-order valence-electron chi connectivity index (χ4n) is 7.16. The number of fused-ring (bicyclic) bond motifs is 2. The van der Waals surface area contributed by atoms with Crippen LogP contribution in [0.4, 0.5) is 11.4 Å². The topological polar surface area (TPSA) is 368 Å². The number of anilines is 2. The van der Waals surface area contributed by atoms with Crippen LogP contribution in [0.3, 0.4) is 0 Å². The van der Waals surface area contributed by atoms with E-state index in [1.54, 1.807) is 50.6 Å². The van der Waals surface area contributed by atoms with Gasteiger partial charge in [0.05, 0.1) is 87.5 Å². The summed E-state index contributed by atoms with van der Waals surface area (Å²) in [4.78, 5) is 51.3. The number of ether oxygens (including phenoxy) is 5. The first-order chi connectivity index (χ1) is 29.4. The van der Waals surface area contributed by atoms with Gasteiger partial charge in [-0.25, -0.2) is 19.2 Å². The van der Waals surface area contributed by atoms with Crippen molar-refractivity contribution < 1.29 is 72.1 Å². The highest BCUT2D eigenvalue weighted by Gasteiger charge is 2.23. The summed E-state index contributed by atoms with van der Waals surface area (Å²) in [6.07, 6.45) is 0. The minimum atomic E-state index is -1.29. The zero-order chi connectivity index (χ0) is 43.2. The number of carboxylic acids is 4. The molecule has 0 unspecified atom stereocenters. The highest BCUT2D eigenvalue weighted by Crippen LogP contribution is 2.40. The molecule has 1 fully saturated rings. The number of aromatic carboxylic acids is 4. The molecule has 350 valence electrons. The first-order valence-corrected chi connectivity index (χ1v) is 19.1. The van der Waals surface area contributed by atoms with E-state index in [0.717, 1.165) is 12.1 Å². The van der Waals surface area contributed by atoms with Crippen LogP contribution in [0.1, 0.15) is 41.4 Å². The van der Waals surface area contributed by atoms with E-state index in [-0.39, 0.29) is 69.5 Å². The van der Waals surface area contributed by atoms with Gasteiger partial charge < -0.3 is 87.3 Å². The lowest BCUT2D eigenvalue weighted by molar-refractivity contribution is 0.0530. The van der Waals surface area contributed by atoms with E-state index < -0.39 is 23.9 Å². The monoisotopic (exact) mass is 906 g/mol. The molecule has 1 aliphatic rings. The number of rotatable bonds is 10. The van der Waals surface area contributed by atoms with E-state index in [2.05, 4.69) is 0 Å². The third kappa shape index (κ3) is 11.5. The third-order valence-electron chi connectivity index (χ3n) is 10.2. The second-order valence-electron chi connectivity index (χ2n) is 13.9. The van der Waals surface area contributed by atoms with Crippen molar-refractivity contribution in [2.75, 3.05) is 89.8 Å². The van der Waals surface area contributed by atoms with E-state index >= 15 is 0 Å². The zero-order valence-electron chi connectivity index (χ0n) is 36.0. The average molecular weight is 907 g/mol. The van der Waals surface area contributed by atoms with Crippen LogP contribution in [0.2, 0.25) is 0 Å². The van der Waals surface area contributed by atoms with E-state index in [1.807, 2.05) is 9.80 Å². The predicted octanol–water partition coefficient (Wildman–Crippen LogP) is 7.35. The Hall–Kier alpha value is -7.24. The summed E-state index contributed by atoms with van der Waals surface area (Å²) in [7, 11) is 3.10. The van der Waals surface area contributed by atoms with Crippen molar-refractivity contribution in [3.63, 3.8) is 0 Å². The molecular weight excluding hydrogens is 853 g/mol. The van der Waals surface area contributed by atoms with Crippen LogP contribution >= 0.6 is 0 Å². The van der Waals surface area contributed by atoms with Gasteiger partial charge in [-0.15, -0.1) is 0 Å². The largest absolute Gasteiger partial charge is 0.495 e. The second-order valence-corrected chi connectivity index (χ2v) is 13.9. The van der Waals surface area contributed by atoms with Crippen LogP contribution in [-0.2, 0) is 14.2 Å². The molecule has 21 heteroatoms. The van der Waals surface area contributed by atoms with E-state index in [1.165, 1.54) is 24.3 Å². The van der Waals surface area contributed by atoms with Gasteiger partial charge in [0, 0.05) is 60.2 Å². The minimum Gasteiger partial charge on any atom is -0.495 e. The van der Waals surface area contributed by atoms with Crippen LogP contribution in [0.15, 0.2) is 81.6 Å². The molecule has 7 rings (SSSR count). The number of nitrogens with zero attached hydrogens (tertiary/aromatic N) is 2. The number of furan rings is 2. The Labute approximate surface area is 372 Å². The lowest BCUT2D eigenvalue weighted by Gasteiger charge is -2.27. The molecule has 1 saturated heterocycles. The fraction of sp³-hybridized carbons (Fsp3) is 0.273. The summed E-state index contributed by atoms with van der Waals surface area (Å²) < 4.78 is 42.0. The molecule has 0 bridgehead atoms. The second kappa shape index (κ2) is 22.9. The van der Waals surface area contributed by atoms with Crippen LogP contribution in [-0.4, -0.2) is 124 Å². The van der Waals surface area contributed by atoms with Gasteiger partial charge in [-0.1, -0.05) is 0 Å². The summed E-state index contributed by atoms with van der Waals surface area (Å²) in [5.41, 5.74) is 2.02. The van der Waals surface area contributed by atoms with Crippen molar-refractivity contribution in [1.29, 1.82) is 0 Å². The Balaban J connectivity index is 0.00000281. The number of methoxy groups -OCH3 is 2. The van der Waals surface area contributed by atoms with Crippen LogP contribution in [0.5, 0.6) is 11.5 Å². The molecule has 6 aromatic rings. The van der Waals surface area contributed by atoms with Crippen molar-refractivity contribution in [3.8, 4) is 34.1 Å². The molecule has 65 heavy (non-hydrogen) atoms. The Morgan fingerprint density at radius 1 is 0.477 bits per heavy atom. The molecule has 3 heterocycles. The Kier molecular flexibility index (Phi) is 18.4. The molecule has 0 aliphatic carbocycles. The van der Waals surface area contributed by atoms with E-state index in [9.17, 15) is 39.6 Å². The first kappa shape index (κ1) is 52.1. The normalized spacial score (nSPS) is 13.8. The van der Waals surface area contributed by atoms with Crippen LogP contribution in [0.25, 0.3) is 44.6 Å². The summed E-state index contributed by atoms with van der Waals surface area (Å²) in [6, 6.07) is 18.2. The van der Waals surface area contributed by atoms with Crippen molar-refractivity contribution in [2.24, 2.45) is 0 Å². The number of carboxylic acid groups (broad SMARTS) is 4. The number of carbonyl (C=O) groups is 4. The number of hydrogen-bond acceptors (Lipinski definition) is 17. The third-order valence-corrected chi connectivity index (χ3v) is 10.2. The van der Waals surface area contributed by atoms with E-state index in [4.69, 9.17) is 32.5 Å². The molecule has 0 atom stereocenters. The van der Waals surface area contributed by atoms with Gasteiger partial charge in [0.25, 0.3) is 0 Å².